The minimum Gasteiger partial charge on any atom is -0.244 e. The van der Waals surface area contributed by atoms with Crippen molar-refractivity contribution in [1.82, 2.24) is 9.97 Å². The molecule has 0 fully saturated rings. The van der Waals surface area contributed by atoms with E-state index in [0.29, 0.717) is 0 Å². The number of aromatic nitrogens is 2. The van der Waals surface area contributed by atoms with Gasteiger partial charge >= 0.3 is 0 Å². The molecule has 4 heteroatoms. The fraction of sp³-hybridized carbons (Fsp3) is 0. The van der Waals surface area contributed by atoms with E-state index < -0.39 is 0 Å². The van der Waals surface area contributed by atoms with E-state index in [1.165, 1.54) is 19.6 Å². The topological polar surface area (TPSA) is 25.8 Å². The van der Waals surface area contributed by atoms with Crippen LogP contribution in [0.25, 0.3) is 22.1 Å². The number of hydrogen-bond donors (Lipinski definition) is 0. The summed E-state index contributed by atoms with van der Waals surface area (Å²) in [5, 5.41) is 0. The lowest BCUT2D eigenvalue weighted by atomic mass is 10.2. The predicted molar refractivity (Wildman–Crippen MR) is 91.7 cm³/mol. The Morgan fingerprint density at radius 1 is 0.545 bits per heavy atom. The van der Waals surface area contributed by atoms with E-state index in [2.05, 4.69) is 36.4 Å². The molecule has 0 aliphatic carbocycles. The number of rotatable bonds is 0. The zero-order valence-corrected chi connectivity index (χ0v) is 13.1. The number of fused-ring (bicyclic) bond motifs is 5. The molecule has 0 atom stereocenters. The zero-order valence-electron chi connectivity index (χ0n) is 11.5. The van der Waals surface area contributed by atoms with Crippen molar-refractivity contribution in [2.75, 3.05) is 0 Å². The summed E-state index contributed by atoms with van der Waals surface area (Å²) in [4.78, 5) is 14.7. The highest BCUT2D eigenvalue weighted by molar-refractivity contribution is 8.05. The second-order valence-electron chi connectivity index (χ2n) is 5.12. The van der Waals surface area contributed by atoms with Gasteiger partial charge in [0.1, 0.15) is 5.52 Å². The molecule has 22 heavy (non-hydrogen) atoms. The minimum atomic E-state index is 0.948. The summed E-state index contributed by atoms with van der Waals surface area (Å²) in [6, 6.07) is 20.8. The summed E-state index contributed by atoms with van der Waals surface area (Å²) in [7, 11) is 0. The van der Waals surface area contributed by atoms with Crippen molar-refractivity contribution < 1.29 is 0 Å². The third-order valence-corrected chi connectivity index (χ3v) is 6.30. The van der Waals surface area contributed by atoms with Crippen molar-refractivity contribution in [3.05, 3.63) is 60.7 Å². The van der Waals surface area contributed by atoms with Crippen molar-refractivity contribution in [2.24, 2.45) is 0 Å². The quantitative estimate of drug-likeness (QED) is 0.357. The van der Waals surface area contributed by atoms with Gasteiger partial charge in [0, 0.05) is 14.7 Å². The van der Waals surface area contributed by atoms with Crippen LogP contribution < -0.4 is 0 Å². The molecular formula is C18H10N2S2. The van der Waals surface area contributed by atoms with Gasteiger partial charge in [-0.1, -0.05) is 47.8 Å². The average molecular weight is 318 g/mol. The normalized spacial score (nSPS) is 13.1. The highest BCUT2D eigenvalue weighted by Crippen LogP contribution is 2.50. The largest absolute Gasteiger partial charge is 0.244 e. The van der Waals surface area contributed by atoms with Gasteiger partial charge in [-0.05, 0) is 36.4 Å². The predicted octanol–water partition coefficient (Wildman–Crippen LogP) is 5.40. The minimum absolute atomic E-state index is 0.948. The fourth-order valence-corrected chi connectivity index (χ4v) is 5.00. The maximum atomic E-state index is 4.87. The lowest BCUT2D eigenvalue weighted by Gasteiger charge is -2.19. The molecule has 2 heterocycles. The summed E-state index contributed by atoms with van der Waals surface area (Å²) >= 11 is 3.61. The molecule has 0 radical (unpaired) electrons. The number of nitrogens with zero attached hydrogens (tertiary/aromatic N) is 2. The molecule has 3 aromatic carbocycles. The lowest BCUT2D eigenvalue weighted by Crippen LogP contribution is -1.94. The van der Waals surface area contributed by atoms with Gasteiger partial charge in [-0.3, -0.25) is 0 Å². The van der Waals surface area contributed by atoms with E-state index in [0.717, 1.165) is 22.1 Å². The Morgan fingerprint density at radius 3 is 2.05 bits per heavy atom. The van der Waals surface area contributed by atoms with Gasteiger partial charge in [0.15, 0.2) is 0 Å². The third kappa shape index (κ3) is 1.84. The van der Waals surface area contributed by atoms with Crippen molar-refractivity contribution >= 4 is 45.6 Å². The summed E-state index contributed by atoms with van der Waals surface area (Å²) in [6.07, 6.45) is 0. The van der Waals surface area contributed by atoms with Crippen LogP contribution in [0, 0.1) is 0 Å². The molecule has 0 saturated carbocycles. The Morgan fingerprint density at radius 2 is 1.23 bits per heavy atom. The van der Waals surface area contributed by atoms with Crippen LogP contribution in [0.3, 0.4) is 0 Å². The Labute approximate surface area is 136 Å². The maximum Gasteiger partial charge on any atom is 0.104 e. The molecule has 2 nitrogen and oxygen atoms in total. The lowest BCUT2D eigenvalue weighted by molar-refractivity contribution is 1.16. The van der Waals surface area contributed by atoms with Crippen LogP contribution in [0.2, 0.25) is 0 Å². The van der Waals surface area contributed by atoms with Gasteiger partial charge < -0.3 is 0 Å². The monoisotopic (exact) mass is 318 g/mol. The second kappa shape index (κ2) is 4.73. The van der Waals surface area contributed by atoms with Gasteiger partial charge in [0.25, 0.3) is 0 Å². The van der Waals surface area contributed by atoms with Crippen LogP contribution in [-0.4, -0.2) is 9.97 Å². The van der Waals surface area contributed by atoms with Crippen LogP contribution in [-0.2, 0) is 0 Å². The molecule has 0 spiro atoms. The smallest absolute Gasteiger partial charge is 0.104 e. The zero-order chi connectivity index (χ0) is 14.5. The summed E-state index contributed by atoms with van der Waals surface area (Å²) < 4.78 is 0. The summed E-state index contributed by atoms with van der Waals surface area (Å²) in [5.74, 6) is 0. The standard InChI is InChI=1S/C18H10N2S2/c1-2-6-12-11(5-1)19-13-9-10-16-18(17(13)20-12)22-15-8-4-3-7-14(15)21-16/h1-10H. The van der Waals surface area contributed by atoms with Crippen molar-refractivity contribution in [2.45, 2.75) is 19.6 Å². The van der Waals surface area contributed by atoms with Gasteiger partial charge in [-0.2, -0.15) is 0 Å². The first-order valence-corrected chi connectivity index (χ1v) is 8.66. The Hall–Kier alpha value is -2.04. The van der Waals surface area contributed by atoms with Gasteiger partial charge in [0.05, 0.1) is 21.4 Å². The molecule has 0 amide bonds. The van der Waals surface area contributed by atoms with E-state index in [4.69, 9.17) is 9.97 Å². The number of hydrogen-bond acceptors (Lipinski definition) is 4. The Balaban J connectivity index is 1.81. The number of benzene rings is 3. The van der Waals surface area contributed by atoms with Gasteiger partial charge in [-0.25, -0.2) is 9.97 Å². The molecule has 1 aromatic heterocycles. The maximum absolute atomic E-state index is 4.87. The van der Waals surface area contributed by atoms with Gasteiger partial charge in [-0.15, -0.1) is 0 Å². The Bertz CT molecular complexity index is 1040. The highest BCUT2D eigenvalue weighted by atomic mass is 32.2. The van der Waals surface area contributed by atoms with Crippen LogP contribution in [0.4, 0.5) is 0 Å². The van der Waals surface area contributed by atoms with Crippen LogP contribution in [0.1, 0.15) is 0 Å². The average Bonchev–Trinajstić information content (AvgIpc) is 2.58. The fourth-order valence-electron chi connectivity index (χ4n) is 2.67. The molecule has 4 aromatic rings. The molecule has 1 aliphatic rings. The van der Waals surface area contributed by atoms with E-state index in [-0.39, 0.29) is 0 Å². The van der Waals surface area contributed by atoms with E-state index in [9.17, 15) is 0 Å². The second-order valence-corrected chi connectivity index (χ2v) is 7.26. The van der Waals surface area contributed by atoms with Crippen LogP contribution >= 0.6 is 23.5 Å². The molecular weight excluding hydrogens is 308 g/mol. The molecule has 5 rings (SSSR count). The van der Waals surface area contributed by atoms with Crippen molar-refractivity contribution in [1.29, 1.82) is 0 Å². The molecule has 1 aliphatic heterocycles. The van der Waals surface area contributed by atoms with Crippen molar-refractivity contribution in [3.8, 4) is 0 Å². The van der Waals surface area contributed by atoms with Crippen LogP contribution in [0.5, 0.6) is 0 Å². The number of para-hydroxylation sites is 2. The highest BCUT2D eigenvalue weighted by Gasteiger charge is 2.20. The molecule has 0 unspecified atom stereocenters. The summed E-state index contributed by atoms with van der Waals surface area (Å²) in [5.41, 5.74) is 3.87. The first kappa shape index (κ1) is 12.5. The first-order chi connectivity index (χ1) is 10.9. The van der Waals surface area contributed by atoms with E-state index >= 15 is 0 Å². The molecule has 104 valence electrons. The molecule has 0 N–H and O–H groups in total. The molecule has 0 bridgehead atoms. The van der Waals surface area contributed by atoms with Crippen LogP contribution in [0.15, 0.2) is 80.2 Å². The van der Waals surface area contributed by atoms with Gasteiger partial charge in [0.2, 0.25) is 0 Å². The SMILES string of the molecule is c1ccc2c(c1)Sc1ccc3nc4ccccc4nc3c1S2. The third-order valence-electron chi connectivity index (χ3n) is 3.71. The Kier molecular flexibility index (Phi) is 2.69. The van der Waals surface area contributed by atoms with E-state index in [1.54, 1.807) is 11.8 Å². The van der Waals surface area contributed by atoms with Crippen molar-refractivity contribution in [3.63, 3.8) is 0 Å². The summed E-state index contributed by atoms with van der Waals surface area (Å²) in [6.45, 7) is 0. The van der Waals surface area contributed by atoms with E-state index in [1.807, 2.05) is 36.0 Å². The first-order valence-electron chi connectivity index (χ1n) is 7.03. The molecule has 0 saturated heterocycles.